The van der Waals surface area contributed by atoms with Gasteiger partial charge in [0.15, 0.2) is 0 Å². The van der Waals surface area contributed by atoms with Gasteiger partial charge in [-0.2, -0.15) is 0 Å². The molecule has 0 aromatic carbocycles. The maximum Gasteiger partial charge on any atom is 3.00 e. The SMILES string of the molecule is O=C([O-])/C=C\C(=O)[O-].O=C([O-])/C=C\C(=O)[O-].O=C([O-])/C=C\C(=O)[O-].[Cu].[Cu].[Fe+3].[Fe+3]. The van der Waals surface area contributed by atoms with Crippen LogP contribution in [0.25, 0.3) is 0 Å². The van der Waals surface area contributed by atoms with Gasteiger partial charge in [0.1, 0.15) is 0 Å². The predicted octanol–water partition coefficient (Wildman–Crippen LogP) is -8.88. The van der Waals surface area contributed by atoms with Crippen molar-refractivity contribution in [1.82, 2.24) is 0 Å². The normalized spacial score (nSPS) is 8.14. The van der Waals surface area contributed by atoms with Crippen LogP contribution in [-0.4, -0.2) is 35.8 Å². The first-order valence-electron chi connectivity index (χ1n) is 5.18. The summed E-state index contributed by atoms with van der Waals surface area (Å²) in [6, 6.07) is 0. The van der Waals surface area contributed by atoms with E-state index >= 15 is 0 Å². The molecule has 0 bridgehead atoms. The van der Waals surface area contributed by atoms with E-state index in [1.807, 2.05) is 0 Å². The minimum absolute atomic E-state index is 0. The Bertz CT molecular complexity index is 458. The maximum atomic E-state index is 9.41. The number of rotatable bonds is 6. The standard InChI is InChI=1S/3C4H4O4.2Cu.2Fe/c3*5-3(6)1-2-4(7)8;;;;/h3*1-2H,(H,5,6)(H,7,8);;;;/q;;;;;2*+3/p-6/b3*2-1-;;;;. The first-order valence-corrected chi connectivity index (χ1v) is 5.18. The molecule has 0 aliphatic rings. The third kappa shape index (κ3) is 74.9. The maximum absolute atomic E-state index is 9.41. The second kappa shape index (κ2) is 29.9. The quantitative estimate of drug-likeness (QED) is 0.210. The average molecular weight is 581 g/mol. The second-order valence-electron chi connectivity index (χ2n) is 2.91. The molecule has 0 spiro atoms. The van der Waals surface area contributed by atoms with Crippen molar-refractivity contribution < 1.29 is 128 Å². The summed E-state index contributed by atoms with van der Waals surface area (Å²) in [7, 11) is 0. The van der Waals surface area contributed by atoms with Crippen LogP contribution in [0, 0.1) is 0 Å². The number of carbonyl (C=O) groups excluding carboxylic acids is 6. The Morgan fingerprint density at radius 2 is 0.429 bits per heavy atom. The van der Waals surface area contributed by atoms with Crippen LogP contribution >= 0.6 is 0 Å². The molecular weight excluding hydrogens is 575 g/mol. The van der Waals surface area contributed by atoms with Crippen molar-refractivity contribution >= 4 is 35.8 Å². The average Bonchev–Trinajstić information content (AvgIpc) is 2.42. The fourth-order valence-corrected chi connectivity index (χ4v) is 0.408. The van der Waals surface area contributed by atoms with Crippen molar-refractivity contribution in [2.75, 3.05) is 0 Å². The molecule has 0 saturated carbocycles. The van der Waals surface area contributed by atoms with Crippen molar-refractivity contribution in [3.63, 3.8) is 0 Å². The molecule has 0 amide bonds. The molecule has 0 fully saturated rings. The Morgan fingerprint density at radius 1 is 0.357 bits per heavy atom. The Labute approximate surface area is 199 Å². The van der Waals surface area contributed by atoms with E-state index in [0.717, 1.165) is 0 Å². The first-order chi connectivity index (χ1) is 10.9. The molecule has 0 aromatic rings. The minimum atomic E-state index is -1.55. The van der Waals surface area contributed by atoms with Crippen molar-refractivity contribution in [3.8, 4) is 0 Å². The number of hydrogen-bond donors (Lipinski definition) is 0. The van der Waals surface area contributed by atoms with Crippen molar-refractivity contribution in [2.45, 2.75) is 0 Å². The van der Waals surface area contributed by atoms with Crippen LogP contribution in [0.3, 0.4) is 0 Å². The Kier molecular flexibility index (Phi) is 48.1. The van der Waals surface area contributed by atoms with Gasteiger partial charge >= 0.3 is 34.1 Å². The molecule has 0 atom stereocenters. The van der Waals surface area contributed by atoms with Gasteiger partial charge in [-0.25, -0.2) is 0 Å². The summed E-state index contributed by atoms with van der Waals surface area (Å²) in [5, 5.41) is 56.5. The van der Waals surface area contributed by atoms with Crippen LogP contribution < -0.4 is 30.6 Å². The largest absolute Gasteiger partial charge is 3.00 e. The molecule has 0 aliphatic carbocycles. The fraction of sp³-hybridized carbons (Fsp3) is 0. The second-order valence-corrected chi connectivity index (χ2v) is 2.91. The van der Waals surface area contributed by atoms with E-state index in [4.69, 9.17) is 0 Å². The molecular formula is C12H6Cu2Fe2O12. The third-order valence-electron chi connectivity index (χ3n) is 1.07. The summed E-state index contributed by atoms with van der Waals surface area (Å²) in [6.45, 7) is 0. The topological polar surface area (TPSA) is 241 Å². The molecule has 28 heavy (non-hydrogen) atoms. The van der Waals surface area contributed by atoms with Gasteiger partial charge in [0, 0.05) is 34.1 Å². The molecule has 0 saturated heterocycles. The zero-order valence-electron chi connectivity index (χ0n) is 12.7. The van der Waals surface area contributed by atoms with Crippen molar-refractivity contribution in [3.05, 3.63) is 36.5 Å². The molecule has 12 nitrogen and oxygen atoms in total. The van der Waals surface area contributed by atoms with E-state index in [2.05, 4.69) is 0 Å². The molecule has 0 unspecified atom stereocenters. The van der Waals surface area contributed by atoms with E-state index in [1.165, 1.54) is 0 Å². The third-order valence-corrected chi connectivity index (χ3v) is 1.07. The molecule has 0 heterocycles. The van der Waals surface area contributed by atoms with Crippen molar-refractivity contribution in [1.29, 1.82) is 0 Å². The molecule has 164 valence electrons. The van der Waals surface area contributed by atoms with Crippen LogP contribution in [0.2, 0.25) is 0 Å². The zero-order chi connectivity index (χ0) is 19.7. The van der Waals surface area contributed by atoms with Gasteiger partial charge in [-0.15, -0.1) is 0 Å². The summed E-state index contributed by atoms with van der Waals surface area (Å²) in [4.78, 5) is 56.5. The van der Waals surface area contributed by atoms with Crippen LogP contribution in [-0.2, 0) is 97.0 Å². The van der Waals surface area contributed by atoms with Crippen LogP contribution in [0.15, 0.2) is 36.5 Å². The molecule has 0 rings (SSSR count). The monoisotopic (exact) mass is 580 g/mol. The van der Waals surface area contributed by atoms with E-state index < -0.39 is 35.8 Å². The summed E-state index contributed by atoms with van der Waals surface area (Å²) >= 11 is 0. The van der Waals surface area contributed by atoms with E-state index in [1.54, 1.807) is 0 Å². The van der Waals surface area contributed by atoms with Crippen LogP contribution in [0.1, 0.15) is 0 Å². The molecule has 0 N–H and O–H groups in total. The zero-order valence-corrected chi connectivity index (χ0v) is 16.8. The predicted molar refractivity (Wildman–Crippen MR) is 57.5 cm³/mol. The Morgan fingerprint density at radius 3 is 0.464 bits per heavy atom. The number of carbonyl (C=O) groups is 6. The van der Waals surface area contributed by atoms with Gasteiger partial charge in [-0.1, -0.05) is 0 Å². The molecule has 0 aliphatic heterocycles. The molecule has 16 heteroatoms. The number of carboxylic acids is 6. The fourth-order valence-electron chi connectivity index (χ4n) is 0.408. The van der Waals surface area contributed by atoms with Gasteiger partial charge in [-0.05, 0) is 36.5 Å². The Balaban J connectivity index is -0.0000000441. The smallest absolute Gasteiger partial charge is 0.545 e. The van der Waals surface area contributed by atoms with Gasteiger partial charge in [0.2, 0.25) is 0 Å². The summed E-state index contributed by atoms with van der Waals surface area (Å²) < 4.78 is 0. The van der Waals surface area contributed by atoms with E-state index in [-0.39, 0.29) is 68.3 Å². The van der Waals surface area contributed by atoms with Crippen molar-refractivity contribution in [2.24, 2.45) is 0 Å². The first kappa shape index (κ1) is 45.1. The number of hydrogen-bond acceptors (Lipinski definition) is 12. The summed E-state index contributed by atoms with van der Waals surface area (Å²) in [5.74, 6) is -9.28. The Hall–Kier alpha value is -1.88. The van der Waals surface area contributed by atoms with E-state index in [0.29, 0.717) is 36.5 Å². The summed E-state index contributed by atoms with van der Waals surface area (Å²) in [6.07, 6.45) is 2.31. The summed E-state index contributed by atoms with van der Waals surface area (Å²) in [5.41, 5.74) is 0. The molecule has 4 radical (unpaired) electrons. The van der Waals surface area contributed by atoms with Gasteiger partial charge < -0.3 is 59.4 Å². The number of aliphatic carboxylic acids is 6. The van der Waals surface area contributed by atoms with Gasteiger partial charge in [-0.3, -0.25) is 0 Å². The van der Waals surface area contributed by atoms with Crippen LogP contribution in [0.4, 0.5) is 0 Å². The van der Waals surface area contributed by atoms with E-state index in [9.17, 15) is 59.4 Å². The number of carboxylic acid groups (broad SMARTS) is 6. The molecule has 0 aromatic heterocycles. The van der Waals surface area contributed by atoms with Gasteiger partial charge in [0.05, 0.1) is 35.8 Å². The van der Waals surface area contributed by atoms with Crippen LogP contribution in [0.5, 0.6) is 0 Å². The van der Waals surface area contributed by atoms with Gasteiger partial charge in [0.25, 0.3) is 0 Å². The minimum Gasteiger partial charge on any atom is -0.545 e.